The topological polar surface area (TPSA) is 92.3 Å². The van der Waals surface area contributed by atoms with Gasteiger partial charge >= 0.3 is 0 Å². The first-order valence-electron chi connectivity index (χ1n) is 4.92. The summed E-state index contributed by atoms with van der Waals surface area (Å²) in [5, 5.41) is 4.72. The van der Waals surface area contributed by atoms with Gasteiger partial charge in [0.15, 0.2) is 9.84 Å². The highest BCUT2D eigenvalue weighted by molar-refractivity contribution is 7.91. The van der Waals surface area contributed by atoms with Gasteiger partial charge in [-0.2, -0.15) is 0 Å². The van der Waals surface area contributed by atoms with E-state index in [9.17, 15) is 18.0 Å². The Labute approximate surface area is 101 Å². The molecule has 0 fully saturated rings. The Hall–Kier alpha value is -1.63. The Morgan fingerprint density at radius 1 is 0.941 bits per heavy atom. The van der Waals surface area contributed by atoms with Gasteiger partial charge in [-0.1, -0.05) is 13.2 Å². The number of carbonyl (C=O) groups excluding carboxylic acids is 2. The van der Waals surface area contributed by atoms with Crippen molar-refractivity contribution in [1.82, 2.24) is 10.6 Å². The lowest BCUT2D eigenvalue weighted by molar-refractivity contribution is -0.117. The monoisotopic (exact) mass is 260 g/mol. The van der Waals surface area contributed by atoms with Crippen LogP contribution in [-0.4, -0.2) is 44.8 Å². The highest BCUT2D eigenvalue weighted by atomic mass is 32.2. The fraction of sp³-hybridized carbons (Fsp3) is 0.400. The Morgan fingerprint density at radius 3 is 1.59 bits per heavy atom. The molecule has 0 aliphatic rings. The van der Waals surface area contributed by atoms with Gasteiger partial charge in [-0.25, -0.2) is 8.42 Å². The molecule has 0 saturated carbocycles. The summed E-state index contributed by atoms with van der Waals surface area (Å²) < 4.78 is 22.8. The molecule has 0 aromatic heterocycles. The zero-order chi connectivity index (χ0) is 13.3. The van der Waals surface area contributed by atoms with Crippen LogP contribution in [0, 0.1) is 0 Å². The van der Waals surface area contributed by atoms with E-state index in [4.69, 9.17) is 0 Å². The Balaban J connectivity index is 3.88. The molecule has 0 aliphatic heterocycles. The minimum atomic E-state index is -3.29. The summed E-state index contributed by atoms with van der Waals surface area (Å²) in [4.78, 5) is 21.5. The minimum absolute atomic E-state index is 0.0303. The van der Waals surface area contributed by atoms with E-state index in [1.807, 2.05) is 0 Å². The second kappa shape index (κ2) is 7.61. The lowest BCUT2D eigenvalue weighted by Crippen LogP contribution is -2.32. The van der Waals surface area contributed by atoms with Gasteiger partial charge in [0.25, 0.3) is 0 Å². The Kier molecular flexibility index (Phi) is 6.88. The molecule has 2 amide bonds. The normalized spacial score (nSPS) is 10.4. The molecule has 0 aromatic rings. The molecule has 0 unspecified atom stereocenters. The van der Waals surface area contributed by atoms with E-state index in [0.717, 1.165) is 12.2 Å². The fourth-order valence-corrected chi connectivity index (χ4v) is 1.94. The molecule has 6 nitrogen and oxygen atoms in total. The van der Waals surface area contributed by atoms with Crippen LogP contribution in [0.25, 0.3) is 0 Å². The lowest BCUT2D eigenvalue weighted by Gasteiger charge is -2.05. The molecule has 0 spiro atoms. The third-order valence-electron chi connectivity index (χ3n) is 1.80. The van der Waals surface area contributed by atoms with Crippen molar-refractivity contribution >= 4 is 21.7 Å². The molecule has 0 atom stereocenters. The predicted octanol–water partition coefficient (Wildman–Crippen LogP) is -0.994. The van der Waals surface area contributed by atoms with Crippen molar-refractivity contribution in [3.05, 3.63) is 25.3 Å². The van der Waals surface area contributed by atoms with E-state index in [1.165, 1.54) is 0 Å². The number of carbonyl (C=O) groups is 2. The number of hydrogen-bond donors (Lipinski definition) is 2. The smallest absolute Gasteiger partial charge is 0.243 e. The summed E-state index contributed by atoms with van der Waals surface area (Å²) in [7, 11) is -3.29. The van der Waals surface area contributed by atoms with Crippen molar-refractivity contribution in [2.75, 3.05) is 24.6 Å². The van der Waals surface area contributed by atoms with Crippen molar-refractivity contribution < 1.29 is 18.0 Å². The van der Waals surface area contributed by atoms with Crippen LogP contribution in [0.15, 0.2) is 25.3 Å². The molecule has 0 aliphatic carbocycles. The van der Waals surface area contributed by atoms with Crippen molar-refractivity contribution in [2.45, 2.75) is 0 Å². The van der Waals surface area contributed by atoms with Crippen LogP contribution in [0.4, 0.5) is 0 Å². The van der Waals surface area contributed by atoms with E-state index < -0.39 is 21.7 Å². The van der Waals surface area contributed by atoms with Crippen molar-refractivity contribution in [2.24, 2.45) is 0 Å². The molecule has 0 bridgehead atoms. The number of nitrogens with one attached hydrogen (secondary N) is 2. The summed E-state index contributed by atoms with van der Waals surface area (Å²) in [5.41, 5.74) is 0. The quantitative estimate of drug-likeness (QED) is 0.548. The fourth-order valence-electron chi connectivity index (χ4n) is 0.906. The maximum Gasteiger partial charge on any atom is 0.243 e. The molecule has 0 heterocycles. The average Bonchev–Trinajstić information content (AvgIpc) is 2.27. The third kappa shape index (κ3) is 8.21. The van der Waals surface area contributed by atoms with Crippen LogP contribution in [0.2, 0.25) is 0 Å². The maximum atomic E-state index is 11.4. The van der Waals surface area contributed by atoms with Crippen LogP contribution in [0.3, 0.4) is 0 Å². The van der Waals surface area contributed by atoms with Crippen LogP contribution >= 0.6 is 0 Å². The van der Waals surface area contributed by atoms with E-state index in [-0.39, 0.29) is 24.6 Å². The molecule has 96 valence electrons. The lowest BCUT2D eigenvalue weighted by atomic mass is 10.5. The van der Waals surface area contributed by atoms with Gasteiger partial charge in [-0.15, -0.1) is 0 Å². The van der Waals surface area contributed by atoms with E-state index >= 15 is 0 Å². The largest absolute Gasteiger partial charge is 0.352 e. The molecular formula is C10H16N2O4S. The molecule has 0 rings (SSSR count). The molecule has 17 heavy (non-hydrogen) atoms. The standard InChI is InChI=1S/C10H16N2O4S/c1-3-9(13)11-5-7-17(15,16)8-6-12-10(14)4-2/h3-4H,1-2,5-8H2,(H,11,13)(H,12,14). The minimum Gasteiger partial charge on any atom is -0.352 e. The third-order valence-corrected chi connectivity index (χ3v) is 3.45. The highest BCUT2D eigenvalue weighted by Gasteiger charge is 2.10. The molecule has 0 radical (unpaired) electrons. The number of sulfone groups is 1. The first kappa shape index (κ1) is 15.4. The summed E-state index contributed by atoms with van der Waals surface area (Å²) in [6.45, 7) is 6.53. The first-order chi connectivity index (χ1) is 7.91. The zero-order valence-corrected chi connectivity index (χ0v) is 10.3. The van der Waals surface area contributed by atoms with E-state index in [2.05, 4.69) is 23.8 Å². The predicted molar refractivity (Wildman–Crippen MR) is 65.1 cm³/mol. The summed E-state index contributed by atoms with van der Waals surface area (Å²) in [6.07, 6.45) is 2.13. The van der Waals surface area contributed by atoms with Crippen LogP contribution in [0.1, 0.15) is 0 Å². The van der Waals surface area contributed by atoms with Crippen molar-refractivity contribution in [1.29, 1.82) is 0 Å². The van der Waals surface area contributed by atoms with Crippen molar-refractivity contribution in [3.63, 3.8) is 0 Å². The van der Waals surface area contributed by atoms with Crippen LogP contribution in [0.5, 0.6) is 0 Å². The zero-order valence-electron chi connectivity index (χ0n) is 9.44. The molecule has 0 saturated heterocycles. The van der Waals surface area contributed by atoms with Crippen LogP contribution < -0.4 is 10.6 Å². The summed E-state index contributed by atoms with van der Waals surface area (Å²) >= 11 is 0. The number of amides is 2. The molecule has 2 N–H and O–H groups in total. The van der Waals surface area contributed by atoms with E-state index in [1.54, 1.807) is 0 Å². The summed E-state index contributed by atoms with van der Waals surface area (Å²) in [6, 6.07) is 0. The van der Waals surface area contributed by atoms with E-state index in [0.29, 0.717) is 0 Å². The SMILES string of the molecule is C=CC(=O)NCCS(=O)(=O)CCNC(=O)C=C. The van der Waals surface area contributed by atoms with Crippen molar-refractivity contribution in [3.8, 4) is 0 Å². The van der Waals surface area contributed by atoms with Gasteiger partial charge in [0.1, 0.15) is 0 Å². The molecule has 0 aromatic carbocycles. The summed E-state index contributed by atoms with van der Waals surface area (Å²) in [5.74, 6) is -1.17. The van der Waals surface area contributed by atoms with Gasteiger partial charge in [0.05, 0.1) is 11.5 Å². The number of rotatable bonds is 8. The van der Waals surface area contributed by atoms with Gasteiger partial charge in [-0.3, -0.25) is 9.59 Å². The molecular weight excluding hydrogens is 244 g/mol. The van der Waals surface area contributed by atoms with Gasteiger partial charge in [0, 0.05) is 13.1 Å². The van der Waals surface area contributed by atoms with Gasteiger partial charge in [-0.05, 0) is 12.2 Å². The van der Waals surface area contributed by atoms with Gasteiger partial charge < -0.3 is 10.6 Å². The second-order valence-corrected chi connectivity index (χ2v) is 5.45. The Bertz CT molecular complexity index is 369. The molecule has 7 heteroatoms. The van der Waals surface area contributed by atoms with Gasteiger partial charge in [0.2, 0.25) is 11.8 Å². The van der Waals surface area contributed by atoms with Crippen LogP contribution in [-0.2, 0) is 19.4 Å². The first-order valence-corrected chi connectivity index (χ1v) is 6.74. The second-order valence-electron chi connectivity index (χ2n) is 3.14. The maximum absolute atomic E-state index is 11.4. The highest BCUT2D eigenvalue weighted by Crippen LogP contribution is 1.88. The number of hydrogen-bond acceptors (Lipinski definition) is 4. The Morgan fingerprint density at radius 2 is 1.29 bits per heavy atom. The average molecular weight is 260 g/mol.